The topological polar surface area (TPSA) is 51.6 Å². The molecule has 4 rings (SSSR count). The molecule has 0 atom stereocenters. The van der Waals surface area contributed by atoms with E-state index in [4.69, 9.17) is 9.97 Å². The van der Waals surface area contributed by atoms with Crippen molar-refractivity contribution < 1.29 is 0 Å². The maximum atomic E-state index is 4.87. The number of unbranched alkanes of at least 4 members (excludes halogenated alkanes) is 9. The number of hydrogen-bond acceptors (Lipinski definition) is 4. The van der Waals surface area contributed by atoms with E-state index in [1.54, 1.807) is 0 Å². The molecule has 0 N–H and O–H groups in total. The highest BCUT2D eigenvalue weighted by molar-refractivity contribution is 5.70. The van der Waals surface area contributed by atoms with Crippen LogP contribution in [0, 0.1) is 13.8 Å². The summed E-state index contributed by atoms with van der Waals surface area (Å²) in [6.45, 7) is 6.47. The molecule has 4 heteroatoms. The van der Waals surface area contributed by atoms with Crippen molar-refractivity contribution in [3.05, 3.63) is 83.7 Å². The Morgan fingerprint density at radius 3 is 1.45 bits per heavy atom. The summed E-state index contributed by atoms with van der Waals surface area (Å²) in [5, 5.41) is 0. The Balaban J connectivity index is 1.40. The van der Waals surface area contributed by atoms with Gasteiger partial charge in [-0.05, 0) is 38.3 Å². The fourth-order valence-corrected chi connectivity index (χ4v) is 4.71. The molecule has 0 saturated heterocycles. The molecule has 0 aliphatic heterocycles. The minimum Gasteiger partial charge on any atom is -0.234 e. The quantitative estimate of drug-likeness (QED) is 0.160. The van der Waals surface area contributed by atoms with E-state index in [0.717, 1.165) is 28.9 Å². The van der Waals surface area contributed by atoms with Crippen molar-refractivity contribution in [3.8, 4) is 34.2 Å². The second-order valence-electron chi connectivity index (χ2n) is 10.5. The van der Waals surface area contributed by atoms with Gasteiger partial charge in [-0.15, -0.1) is 0 Å². The molecule has 0 fully saturated rings. The molecule has 0 aliphatic rings. The first kappa shape index (κ1) is 27.6. The number of benzene rings is 2. The summed E-state index contributed by atoms with van der Waals surface area (Å²) in [5.74, 6) is 1.13. The Labute approximate surface area is 229 Å². The van der Waals surface area contributed by atoms with Crippen LogP contribution in [0.4, 0.5) is 0 Å². The van der Waals surface area contributed by atoms with Crippen LogP contribution < -0.4 is 0 Å². The van der Waals surface area contributed by atoms with Gasteiger partial charge in [-0.3, -0.25) is 0 Å². The first-order chi connectivity index (χ1) is 18.6. The minimum absolute atomic E-state index is 0.559. The predicted octanol–water partition coefficient (Wildman–Crippen LogP) is 9.35. The Bertz CT molecular complexity index is 1180. The minimum atomic E-state index is 0.559. The van der Waals surface area contributed by atoms with Gasteiger partial charge >= 0.3 is 0 Å². The van der Waals surface area contributed by atoms with Crippen LogP contribution in [-0.4, -0.2) is 19.9 Å². The molecule has 2 aromatic heterocycles. The van der Waals surface area contributed by atoms with Crippen LogP contribution in [0.2, 0.25) is 0 Å². The van der Waals surface area contributed by atoms with Crippen LogP contribution in [0.1, 0.15) is 87.8 Å². The zero-order valence-corrected chi connectivity index (χ0v) is 23.4. The summed E-state index contributed by atoms with van der Waals surface area (Å²) >= 11 is 0. The molecular formula is C34H42N4. The van der Waals surface area contributed by atoms with E-state index in [9.17, 15) is 0 Å². The van der Waals surface area contributed by atoms with Crippen molar-refractivity contribution in [2.24, 2.45) is 0 Å². The Morgan fingerprint density at radius 2 is 0.974 bits per heavy atom. The highest BCUT2D eigenvalue weighted by atomic mass is 15.0. The van der Waals surface area contributed by atoms with Crippen LogP contribution in [0.25, 0.3) is 34.2 Å². The maximum Gasteiger partial charge on any atom is 0.198 e. The molecule has 2 aromatic carbocycles. The SMILES string of the molecule is CCCCCCCCCCCCc1cnc(-c2nc(-c3ccc(C)cc3)cc(-c3ccc(C)cc3)n2)nc1. The van der Waals surface area contributed by atoms with E-state index in [0.29, 0.717) is 11.6 Å². The second kappa shape index (κ2) is 14.5. The van der Waals surface area contributed by atoms with E-state index in [2.05, 4.69) is 85.3 Å². The molecule has 0 amide bonds. The molecule has 0 aliphatic carbocycles. The zero-order chi connectivity index (χ0) is 26.6. The molecule has 0 saturated carbocycles. The monoisotopic (exact) mass is 506 g/mol. The lowest BCUT2D eigenvalue weighted by molar-refractivity contribution is 0.556. The van der Waals surface area contributed by atoms with E-state index in [1.807, 2.05) is 12.4 Å². The lowest BCUT2D eigenvalue weighted by Gasteiger charge is -2.09. The van der Waals surface area contributed by atoms with Crippen LogP contribution in [-0.2, 0) is 6.42 Å². The summed E-state index contributed by atoms with van der Waals surface area (Å²) in [6.07, 6.45) is 18.4. The van der Waals surface area contributed by atoms with E-state index >= 15 is 0 Å². The van der Waals surface area contributed by atoms with E-state index in [-0.39, 0.29) is 0 Å². The van der Waals surface area contributed by atoms with Gasteiger partial charge in [0.15, 0.2) is 11.6 Å². The molecule has 0 bridgehead atoms. The van der Waals surface area contributed by atoms with Gasteiger partial charge in [0.1, 0.15) is 0 Å². The van der Waals surface area contributed by atoms with Crippen molar-refractivity contribution in [2.45, 2.75) is 91.4 Å². The van der Waals surface area contributed by atoms with Crippen molar-refractivity contribution in [3.63, 3.8) is 0 Å². The molecule has 2 heterocycles. The highest BCUT2D eigenvalue weighted by Gasteiger charge is 2.12. The third kappa shape index (κ3) is 8.31. The third-order valence-electron chi connectivity index (χ3n) is 7.15. The number of rotatable bonds is 14. The van der Waals surface area contributed by atoms with Gasteiger partial charge in [0.2, 0.25) is 0 Å². The number of nitrogens with zero attached hydrogens (tertiary/aromatic N) is 4. The molecule has 38 heavy (non-hydrogen) atoms. The molecule has 0 spiro atoms. The molecule has 0 radical (unpaired) electrons. The van der Waals surface area contributed by atoms with Crippen LogP contribution in [0.15, 0.2) is 67.0 Å². The zero-order valence-electron chi connectivity index (χ0n) is 23.4. The van der Waals surface area contributed by atoms with Crippen molar-refractivity contribution in [1.82, 2.24) is 19.9 Å². The summed E-state index contributed by atoms with van der Waals surface area (Å²) in [7, 11) is 0. The smallest absolute Gasteiger partial charge is 0.198 e. The van der Waals surface area contributed by atoms with Gasteiger partial charge < -0.3 is 0 Å². The maximum absolute atomic E-state index is 4.87. The number of aromatic nitrogens is 4. The average molecular weight is 507 g/mol. The van der Waals surface area contributed by atoms with Gasteiger partial charge in [-0.1, -0.05) is 124 Å². The Hall–Kier alpha value is -3.40. The second-order valence-corrected chi connectivity index (χ2v) is 10.5. The molecule has 4 nitrogen and oxygen atoms in total. The van der Waals surface area contributed by atoms with Crippen LogP contribution in [0.3, 0.4) is 0 Å². The normalized spacial score (nSPS) is 11.1. The number of hydrogen-bond donors (Lipinski definition) is 0. The standard InChI is InChI=1S/C34H42N4/c1-4-5-6-7-8-9-10-11-12-13-14-28-24-35-33(36-25-28)34-37-31(29-19-15-26(2)16-20-29)23-32(38-34)30-21-17-27(3)18-22-30/h15-25H,4-14H2,1-3H3. The van der Waals surface area contributed by atoms with Gasteiger partial charge in [0.25, 0.3) is 0 Å². The fraction of sp³-hybridized carbons (Fsp3) is 0.412. The molecular weight excluding hydrogens is 464 g/mol. The van der Waals surface area contributed by atoms with Crippen LogP contribution >= 0.6 is 0 Å². The Kier molecular flexibility index (Phi) is 10.6. The number of aryl methyl sites for hydroxylation is 3. The first-order valence-corrected chi connectivity index (χ1v) is 14.5. The van der Waals surface area contributed by atoms with Gasteiger partial charge in [0.05, 0.1) is 11.4 Å². The molecule has 4 aromatic rings. The fourth-order valence-electron chi connectivity index (χ4n) is 4.71. The van der Waals surface area contributed by atoms with Gasteiger partial charge in [0, 0.05) is 23.5 Å². The lowest BCUT2D eigenvalue weighted by atomic mass is 10.0. The van der Waals surface area contributed by atoms with E-state index in [1.165, 1.54) is 80.9 Å². The van der Waals surface area contributed by atoms with Gasteiger partial charge in [-0.25, -0.2) is 19.9 Å². The van der Waals surface area contributed by atoms with E-state index < -0.39 is 0 Å². The summed E-state index contributed by atoms with van der Waals surface area (Å²) in [4.78, 5) is 19.1. The van der Waals surface area contributed by atoms with Crippen molar-refractivity contribution in [1.29, 1.82) is 0 Å². The third-order valence-corrected chi connectivity index (χ3v) is 7.15. The lowest BCUT2D eigenvalue weighted by Crippen LogP contribution is -2.00. The van der Waals surface area contributed by atoms with Gasteiger partial charge in [-0.2, -0.15) is 0 Å². The molecule has 0 unspecified atom stereocenters. The predicted molar refractivity (Wildman–Crippen MR) is 159 cm³/mol. The summed E-state index contributed by atoms with van der Waals surface area (Å²) < 4.78 is 0. The average Bonchev–Trinajstić information content (AvgIpc) is 2.95. The Morgan fingerprint density at radius 1 is 0.526 bits per heavy atom. The van der Waals surface area contributed by atoms with Crippen LogP contribution in [0.5, 0.6) is 0 Å². The first-order valence-electron chi connectivity index (χ1n) is 14.5. The largest absolute Gasteiger partial charge is 0.234 e. The highest BCUT2D eigenvalue weighted by Crippen LogP contribution is 2.27. The van der Waals surface area contributed by atoms with Crippen molar-refractivity contribution in [2.75, 3.05) is 0 Å². The molecule has 198 valence electrons. The summed E-state index contributed by atoms with van der Waals surface area (Å²) in [6, 6.07) is 18.9. The van der Waals surface area contributed by atoms with Crippen molar-refractivity contribution >= 4 is 0 Å². The summed E-state index contributed by atoms with van der Waals surface area (Å²) in [5.41, 5.74) is 7.51.